The van der Waals surface area contributed by atoms with Crippen LogP contribution in [-0.4, -0.2) is 15.5 Å². The summed E-state index contributed by atoms with van der Waals surface area (Å²) in [6, 6.07) is 10.4. The van der Waals surface area contributed by atoms with Crippen LogP contribution in [-0.2, 0) is 11.3 Å². The minimum Gasteiger partial charge on any atom is -0.305 e. The second kappa shape index (κ2) is 7.29. The predicted octanol–water partition coefficient (Wildman–Crippen LogP) is 4.03. The highest BCUT2D eigenvalue weighted by atomic mass is 79.9. The second-order valence-electron chi connectivity index (χ2n) is 4.88. The molecule has 0 aliphatic carbocycles. The molecule has 5 nitrogen and oxygen atoms in total. The van der Waals surface area contributed by atoms with Gasteiger partial charge in [-0.1, -0.05) is 29.8 Å². The van der Waals surface area contributed by atoms with Crippen molar-refractivity contribution in [1.29, 1.82) is 0 Å². The first kappa shape index (κ1) is 16.9. The third kappa shape index (κ3) is 3.92. The molecular formula is C16H11BrClN3O2S. The van der Waals surface area contributed by atoms with Crippen LogP contribution in [0.15, 0.2) is 57.2 Å². The van der Waals surface area contributed by atoms with E-state index in [1.807, 2.05) is 23.6 Å². The van der Waals surface area contributed by atoms with Crippen molar-refractivity contribution in [3.63, 3.8) is 0 Å². The number of carbonyl (C=O) groups is 1. The Hall–Kier alpha value is -1.96. The fourth-order valence-corrected chi connectivity index (χ4v) is 3.40. The van der Waals surface area contributed by atoms with Crippen molar-refractivity contribution >= 4 is 49.9 Å². The lowest BCUT2D eigenvalue weighted by Gasteiger charge is -2.05. The number of aromatic nitrogens is 2. The van der Waals surface area contributed by atoms with Crippen LogP contribution in [0.5, 0.6) is 0 Å². The molecule has 0 saturated carbocycles. The molecule has 2 heterocycles. The van der Waals surface area contributed by atoms with Crippen LogP contribution in [0.1, 0.15) is 0 Å². The molecule has 0 atom stereocenters. The summed E-state index contributed by atoms with van der Waals surface area (Å²) >= 11 is 10.7. The summed E-state index contributed by atoms with van der Waals surface area (Å²) in [5.41, 5.74) is 1.25. The van der Waals surface area contributed by atoms with Gasteiger partial charge in [0.1, 0.15) is 6.54 Å². The topological polar surface area (TPSA) is 64.0 Å². The molecule has 0 saturated heterocycles. The van der Waals surface area contributed by atoms with E-state index in [0.29, 0.717) is 15.8 Å². The van der Waals surface area contributed by atoms with Crippen molar-refractivity contribution in [1.82, 2.24) is 9.55 Å². The molecule has 1 amide bonds. The maximum Gasteiger partial charge on any atom is 0.251 e. The lowest BCUT2D eigenvalue weighted by Crippen LogP contribution is -2.26. The molecule has 3 rings (SSSR count). The zero-order valence-corrected chi connectivity index (χ0v) is 15.4. The molecule has 24 heavy (non-hydrogen) atoms. The average molecular weight is 425 g/mol. The lowest BCUT2D eigenvalue weighted by atomic mass is 10.2. The SMILES string of the molecule is O=C(Cn1cc(Br)ccc1=O)Nc1nc(-c2ccccc2Cl)cs1. The van der Waals surface area contributed by atoms with E-state index < -0.39 is 0 Å². The number of halogens is 2. The largest absolute Gasteiger partial charge is 0.305 e. The van der Waals surface area contributed by atoms with Gasteiger partial charge >= 0.3 is 0 Å². The van der Waals surface area contributed by atoms with E-state index in [9.17, 15) is 9.59 Å². The van der Waals surface area contributed by atoms with Crippen LogP contribution in [0, 0.1) is 0 Å². The summed E-state index contributed by atoms with van der Waals surface area (Å²) in [6.45, 7) is -0.0840. The zero-order valence-electron chi connectivity index (χ0n) is 12.2. The normalized spacial score (nSPS) is 10.6. The maximum absolute atomic E-state index is 12.1. The van der Waals surface area contributed by atoms with Gasteiger partial charge in [-0.25, -0.2) is 4.98 Å². The van der Waals surface area contributed by atoms with Crippen molar-refractivity contribution in [2.45, 2.75) is 6.54 Å². The van der Waals surface area contributed by atoms with E-state index in [1.54, 1.807) is 18.3 Å². The van der Waals surface area contributed by atoms with Crippen LogP contribution in [0.4, 0.5) is 5.13 Å². The highest BCUT2D eigenvalue weighted by molar-refractivity contribution is 9.10. The van der Waals surface area contributed by atoms with Crippen molar-refractivity contribution < 1.29 is 4.79 Å². The third-order valence-corrected chi connectivity index (χ3v) is 4.72. The highest BCUT2D eigenvalue weighted by Crippen LogP contribution is 2.30. The van der Waals surface area contributed by atoms with E-state index in [2.05, 4.69) is 26.2 Å². The Bertz CT molecular complexity index is 954. The molecule has 0 aliphatic heterocycles. The van der Waals surface area contributed by atoms with Gasteiger partial charge in [-0.2, -0.15) is 0 Å². The molecule has 0 radical (unpaired) electrons. The van der Waals surface area contributed by atoms with Gasteiger partial charge in [-0.15, -0.1) is 11.3 Å². The Kier molecular flexibility index (Phi) is 5.13. The quantitative estimate of drug-likeness (QED) is 0.688. The highest BCUT2D eigenvalue weighted by Gasteiger charge is 2.11. The number of nitrogens with zero attached hydrogens (tertiary/aromatic N) is 2. The Morgan fingerprint density at radius 2 is 2.08 bits per heavy atom. The van der Waals surface area contributed by atoms with Gasteiger partial charge in [-0.3, -0.25) is 9.59 Å². The molecule has 0 spiro atoms. The minimum absolute atomic E-state index is 0.0840. The summed E-state index contributed by atoms with van der Waals surface area (Å²) in [5, 5.41) is 5.57. The Labute approximate surface area is 155 Å². The first-order chi connectivity index (χ1) is 11.5. The molecule has 2 aromatic heterocycles. The number of anilines is 1. The van der Waals surface area contributed by atoms with E-state index >= 15 is 0 Å². The first-order valence-corrected chi connectivity index (χ1v) is 8.94. The molecule has 3 aromatic rings. The number of hydrogen-bond acceptors (Lipinski definition) is 4. The molecule has 1 aromatic carbocycles. The van der Waals surface area contributed by atoms with Gasteiger partial charge in [0, 0.05) is 32.7 Å². The Morgan fingerprint density at radius 1 is 1.29 bits per heavy atom. The monoisotopic (exact) mass is 423 g/mol. The number of carbonyl (C=O) groups excluding carboxylic acids is 1. The molecule has 0 bridgehead atoms. The van der Waals surface area contributed by atoms with E-state index in [-0.39, 0.29) is 18.0 Å². The van der Waals surface area contributed by atoms with E-state index in [4.69, 9.17) is 11.6 Å². The molecule has 122 valence electrons. The van der Waals surface area contributed by atoms with Crippen LogP contribution in [0.3, 0.4) is 0 Å². The first-order valence-electron chi connectivity index (χ1n) is 6.89. The number of rotatable bonds is 4. The zero-order chi connectivity index (χ0) is 17.1. The second-order valence-corrected chi connectivity index (χ2v) is 7.06. The van der Waals surface area contributed by atoms with Crippen molar-refractivity contribution in [2.24, 2.45) is 0 Å². The number of thiazole rings is 1. The van der Waals surface area contributed by atoms with Gasteiger partial charge in [0.15, 0.2) is 5.13 Å². The molecule has 1 N–H and O–H groups in total. The van der Waals surface area contributed by atoms with Crippen LogP contribution >= 0.6 is 38.9 Å². The third-order valence-electron chi connectivity index (χ3n) is 3.16. The van der Waals surface area contributed by atoms with Crippen LogP contribution in [0.25, 0.3) is 11.3 Å². The Morgan fingerprint density at radius 3 is 2.88 bits per heavy atom. The summed E-state index contributed by atoms with van der Waals surface area (Å²) in [4.78, 5) is 28.2. The number of hydrogen-bond donors (Lipinski definition) is 1. The van der Waals surface area contributed by atoms with Gasteiger partial charge < -0.3 is 9.88 Å². The van der Waals surface area contributed by atoms with Crippen LogP contribution in [0.2, 0.25) is 5.02 Å². The van der Waals surface area contributed by atoms with E-state index in [0.717, 1.165) is 10.0 Å². The Balaban J connectivity index is 1.73. The molecule has 0 aliphatic rings. The summed E-state index contributed by atoms with van der Waals surface area (Å²) in [5.74, 6) is -0.324. The molecule has 0 unspecified atom stereocenters. The minimum atomic E-state index is -0.324. The number of nitrogens with one attached hydrogen (secondary N) is 1. The van der Waals surface area contributed by atoms with Crippen molar-refractivity contribution in [3.05, 3.63) is 67.8 Å². The lowest BCUT2D eigenvalue weighted by molar-refractivity contribution is -0.116. The summed E-state index contributed by atoms with van der Waals surface area (Å²) in [7, 11) is 0. The molecular weight excluding hydrogens is 414 g/mol. The summed E-state index contributed by atoms with van der Waals surface area (Å²) in [6.07, 6.45) is 1.57. The molecule has 0 fully saturated rings. The summed E-state index contributed by atoms with van der Waals surface area (Å²) < 4.78 is 2.05. The van der Waals surface area contributed by atoms with Gasteiger partial charge in [0.25, 0.3) is 5.56 Å². The number of pyridine rings is 1. The van der Waals surface area contributed by atoms with Gasteiger partial charge in [0.2, 0.25) is 5.91 Å². The van der Waals surface area contributed by atoms with Crippen LogP contribution < -0.4 is 10.9 Å². The number of amides is 1. The fraction of sp³-hybridized carbons (Fsp3) is 0.0625. The predicted molar refractivity (Wildman–Crippen MR) is 99.6 cm³/mol. The smallest absolute Gasteiger partial charge is 0.251 e. The van der Waals surface area contributed by atoms with E-state index in [1.165, 1.54) is 22.0 Å². The maximum atomic E-state index is 12.1. The molecule has 8 heteroatoms. The average Bonchev–Trinajstić information content (AvgIpc) is 2.99. The fourth-order valence-electron chi connectivity index (χ4n) is 2.06. The van der Waals surface area contributed by atoms with Gasteiger partial charge in [-0.05, 0) is 28.1 Å². The standard InChI is InChI=1S/C16H11BrClN3O2S/c17-10-5-6-15(23)21(7-10)8-14(22)20-16-19-13(9-24-16)11-3-1-2-4-12(11)18/h1-7,9H,8H2,(H,19,20,22). The van der Waals surface area contributed by atoms with Crippen molar-refractivity contribution in [3.8, 4) is 11.3 Å². The van der Waals surface area contributed by atoms with Crippen molar-refractivity contribution in [2.75, 3.05) is 5.32 Å². The van der Waals surface area contributed by atoms with Gasteiger partial charge in [0.05, 0.1) is 5.69 Å². The number of benzene rings is 1.